The number of hydrogen-bond donors (Lipinski definition) is 0. The van der Waals surface area contributed by atoms with Crippen molar-refractivity contribution in [3.8, 4) is 0 Å². The highest BCUT2D eigenvalue weighted by Gasteiger charge is 2.52. The molecule has 0 aliphatic rings. The molecule has 0 N–H and O–H groups in total. The molecule has 0 bridgehead atoms. The van der Waals surface area contributed by atoms with Crippen LogP contribution < -0.4 is 0 Å². The molecule has 1 unspecified atom stereocenters. The lowest BCUT2D eigenvalue weighted by molar-refractivity contribution is -0.177. The molecule has 1 atom stereocenters. The zero-order valence-electron chi connectivity index (χ0n) is 15.0. The lowest BCUT2D eigenvalue weighted by Gasteiger charge is -2.34. The van der Waals surface area contributed by atoms with Crippen molar-refractivity contribution in [1.82, 2.24) is 0 Å². The molecule has 0 aromatic carbocycles. The van der Waals surface area contributed by atoms with Crippen molar-refractivity contribution in [3.05, 3.63) is 11.6 Å². The summed E-state index contributed by atoms with van der Waals surface area (Å²) < 4.78 is 10.3. The number of aldehydes is 1. The van der Waals surface area contributed by atoms with Gasteiger partial charge in [0, 0.05) is 6.42 Å². The summed E-state index contributed by atoms with van der Waals surface area (Å²) in [5.41, 5.74) is -0.231. The smallest absolute Gasteiger partial charge is 0.323 e. The van der Waals surface area contributed by atoms with Gasteiger partial charge in [-0.2, -0.15) is 0 Å². The molecule has 23 heavy (non-hydrogen) atoms. The molecule has 0 saturated heterocycles. The van der Waals surface area contributed by atoms with Gasteiger partial charge in [0.25, 0.3) is 0 Å². The van der Waals surface area contributed by atoms with Crippen molar-refractivity contribution in [3.63, 3.8) is 0 Å². The summed E-state index contributed by atoms with van der Waals surface area (Å²) >= 11 is 0. The van der Waals surface area contributed by atoms with Gasteiger partial charge in [0.15, 0.2) is 5.41 Å². The van der Waals surface area contributed by atoms with Gasteiger partial charge in [0.1, 0.15) is 6.29 Å². The van der Waals surface area contributed by atoms with E-state index in [0.29, 0.717) is 6.42 Å². The van der Waals surface area contributed by atoms with Gasteiger partial charge >= 0.3 is 11.9 Å². The van der Waals surface area contributed by atoms with Crippen LogP contribution >= 0.6 is 0 Å². The van der Waals surface area contributed by atoms with E-state index in [2.05, 4.69) is 6.08 Å². The predicted octanol–water partition coefficient (Wildman–Crippen LogP) is 3.46. The first kappa shape index (κ1) is 21.4. The Bertz CT molecular complexity index is 403. The number of hydrogen-bond acceptors (Lipinski definition) is 5. The molecule has 0 amide bonds. The first-order valence-electron chi connectivity index (χ1n) is 8.28. The Morgan fingerprint density at radius 3 is 1.96 bits per heavy atom. The summed E-state index contributed by atoms with van der Waals surface area (Å²) in [6.45, 7) is 9.60. The maximum absolute atomic E-state index is 12.6. The molecule has 0 spiro atoms. The number of carbonyl (C=O) groups excluding carboxylic acids is 3. The molecule has 0 aromatic rings. The molecule has 0 radical (unpaired) electrons. The number of rotatable bonds is 11. The maximum Gasteiger partial charge on any atom is 0.323 e. The molecule has 0 saturated carbocycles. The number of ether oxygens (including phenoxy) is 2. The third-order valence-corrected chi connectivity index (χ3v) is 3.93. The van der Waals surface area contributed by atoms with Crippen molar-refractivity contribution in [2.75, 3.05) is 13.2 Å². The highest BCUT2D eigenvalue weighted by atomic mass is 16.6. The molecule has 132 valence electrons. The zero-order valence-corrected chi connectivity index (χ0v) is 15.0. The van der Waals surface area contributed by atoms with E-state index in [1.807, 2.05) is 20.8 Å². The van der Waals surface area contributed by atoms with E-state index in [1.165, 1.54) is 5.57 Å². The van der Waals surface area contributed by atoms with Crippen molar-refractivity contribution in [1.29, 1.82) is 0 Å². The van der Waals surface area contributed by atoms with Gasteiger partial charge in [0.2, 0.25) is 0 Å². The molecule has 0 heterocycles. The third kappa shape index (κ3) is 6.16. The van der Waals surface area contributed by atoms with Gasteiger partial charge in [-0.25, -0.2) is 0 Å². The van der Waals surface area contributed by atoms with Crippen LogP contribution in [0.15, 0.2) is 11.6 Å². The van der Waals surface area contributed by atoms with Crippen LogP contribution in [0.2, 0.25) is 0 Å². The summed E-state index contributed by atoms with van der Waals surface area (Å²) in [5.74, 6) is -1.47. The molecule has 0 rings (SSSR count). The molecule has 0 aliphatic heterocycles. The van der Waals surface area contributed by atoms with Crippen molar-refractivity contribution in [2.24, 2.45) is 11.3 Å². The first-order valence-corrected chi connectivity index (χ1v) is 8.28. The third-order valence-electron chi connectivity index (χ3n) is 3.93. The summed E-state index contributed by atoms with van der Waals surface area (Å²) in [5, 5.41) is 0. The molecule has 5 heteroatoms. The predicted molar refractivity (Wildman–Crippen MR) is 88.8 cm³/mol. The monoisotopic (exact) mass is 326 g/mol. The van der Waals surface area contributed by atoms with Crippen LogP contribution in [0.1, 0.15) is 60.3 Å². The van der Waals surface area contributed by atoms with Crippen LogP contribution in [-0.2, 0) is 23.9 Å². The first-order chi connectivity index (χ1) is 10.9. The van der Waals surface area contributed by atoms with Crippen molar-refractivity contribution >= 4 is 18.2 Å². The van der Waals surface area contributed by atoms with E-state index in [1.54, 1.807) is 13.8 Å². The maximum atomic E-state index is 12.6. The fraction of sp³-hybridized carbons (Fsp3) is 0.722. The Morgan fingerprint density at radius 1 is 1.04 bits per heavy atom. The number of carbonyl (C=O) groups is 3. The lowest BCUT2D eigenvalue weighted by atomic mass is 9.71. The van der Waals surface area contributed by atoms with Crippen LogP contribution in [0.25, 0.3) is 0 Å². The van der Waals surface area contributed by atoms with E-state index < -0.39 is 17.4 Å². The molecule has 0 fully saturated rings. The molecular formula is C18H30O5. The second-order valence-corrected chi connectivity index (χ2v) is 5.88. The fourth-order valence-corrected chi connectivity index (χ4v) is 2.61. The van der Waals surface area contributed by atoms with Gasteiger partial charge in [-0.3, -0.25) is 9.59 Å². The fourth-order valence-electron chi connectivity index (χ4n) is 2.61. The van der Waals surface area contributed by atoms with Gasteiger partial charge in [-0.15, -0.1) is 0 Å². The summed E-state index contributed by atoms with van der Waals surface area (Å²) in [7, 11) is 0. The Kier molecular flexibility index (Phi) is 10.2. The SMILES string of the molecule is CCOC(=O)C(CCC=O)(C(=O)OCC)C(C)CCC=C(C)C. The second kappa shape index (κ2) is 11.0. The lowest BCUT2D eigenvalue weighted by Crippen LogP contribution is -2.47. The average molecular weight is 326 g/mol. The minimum absolute atomic E-state index is 0.115. The molecule has 0 aliphatic carbocycles. The van der Waals surface area contributed by atoms with Crippen LogP contribution in [0.4, 0.5) is 0 Å². The van der Waals surface area contributed by atoms with E-state index in [-0.39, 0.29) is 32.0 Å². The van der Waals surface area contributed by atoms with Gasteiger partial charge < -0.3 is 14.3 Å². The van der Waals surface area contributed by atoms with E-state index in [9.17, 15) is 14.4 Å². The van der Waals surface area contributed by atoms with Crippen LogP contribution in [-0.4, -0.2) is 31.4 Å². The molecule has 0 aromatic heterocycles. The number of allylic oxidation sites excluding steroid dienone is 2. The summed E-state index contributed by atoms with van der Waals surface area (Å²) in [6, 6.07) is 0. The molecule has 5 nitrogen and oxygen atoms in total. The minimum atomic E-state index is -1.41. The number of esters is 2. The van der Waals surface area contributed by atoms with E-state index in [0.717, 1.165) is 12.7 Å². The standard InChI is InChI=1S/C18H30O5/c1-6-22-16(20)18(12-9-13-19,17(21)23-7-2)15(5)11-8-10-14(3)4/h10,13,15H,6-9,11-12H2,1-5H3. The Balaban J connectivity index is 5.56. The highest BCUT2D eigenvalue weighted by Crippen LogP contribution is 2.39. The van der Waals surface area contributed by atoms with Gasteiger partial charge in [-0.05, 0) is 52.9 Å². The van der Waals surface area contributed by atoms with Crippen LogP contribution in [0.5, 0.6) is 0 Å². The van der Waals surface area contributed by atoms with Crippen LogP contribution in [0.3, 0.4) is 0 Å². The normalized spacial score (nSPS) is 12.2. The van der Waals surface area contributed by atoms with Crippen LogP contribution in [0, 0.1) is 11.3 Å². The van der Waals surface area contributed by atoms with Crippen molar-refractivity contribution < 1.29 is 23.9 Å². The highest BCUT2D eigenvalue weighted by molar-refractivity contribution is 6.00. The second-order valence-electron chi connectivity index (χ2n) is 5.88. The quantitative estimate of drug-likeness (QED) is 0.252. The van der Waals surface area contributed by atoms with Gasteiger partial charge in [-0.1, -0.05) is 18.6 Å². The van der Waals surface area contributed by atoms with E-state index >= 15 is 0 Å². The van der Waals surface area contributed by atoms with E-state index in [4.69, 9.17) is 9.47 Å². The topological polar surface area (TPSA) is 69.7 Å². The largest absolute Gasteiger partial charge is 0.465 e. The Labute approximate surface area is 139 Å². The van der Waals surface area contributed by atoms with Gasteiger partial charge in [0.05, 0.1) is 13.2 Å². The average Bonchev–Trinajstić information content (AvgIpc) is 2.48. The summed E-state index contributed by atoms with van der Waals surface area (Å²) in [6.07, 6.45) is 4.41. The summed E-state index contributed by atoms with van der Waals surface area (Å²) in [4.78, 5) is 36.0. The zero-order chi connectivity index (χ0) is 17.9. The Morgan fingerprint density at radius 2 is 1.57 bits per heavy atom. The van der Waals surface area contributed by atoms with Crippen molar-refractivity contribution in [2.45, 2.75) is 60.3 Å². The molecular weight excluding hydrogens is 296 g/mol. The Hall–Kier alpha value is -1.65. The minimum Gasteiger partial charge on any atom is -0.465 e.